The highest BCUT2D eigenvalue weighted by Gasteiger charge is 2.67. The van der Waals surface area contributed by atoms with Crippen LogP contribution in [0.3, 0.4) is 0 Å². The van der Waals surface area contributed by atoms with Crippen molar-refractivity contribution < 1.29 is 54.7 Å². The summed E-state index contributed by atoms with van der Waals surface area (Å²) in [5, 5.41) is 16.4. The van der Waals surface area contributed by atoms with Gasteiger partial charge in [0.15, 0.2) is 25.5 Å². The van der Waals surface area contributed by atoms with Gasteiger partial charge in [0.25, 0.3) is 5.88 Å². The number of alkyl halides is 3. The lowest BCUT2D eigenvalue weighted by molar-refractivity contribution is -0.274. The van der Waals surface area contributed by atoms with E-state index >= 15 is 4.79 Å². The molecule has 2 N–H and O–H groups in total. The van der Waals surface area contributed by atoms with Gasteiger partial charge >= 0.3 is 6.36 Å². The van der Waals surface area contributed by atoms with Crippen molar-refractivity contribution in [1.82, 2.24) is 10.1 Å². The quantitative estimate of drug-likeness (QED) is 0.210. The van der Waals surface area contributed by atoms with Gasteiger partial charge in [0.05, 0.1) is 18.0 Å². The van der Waals surface area contributed by atoms with Gasteiger partial charge in [-0.05, 0) is 74.2 Å². The Labute approximate surface area is 312 Å². The van der Waals surface area contributed by atoms with Crippen molar-refractivity contribution in [3.8, 4) is 11.6 Å². The van der Waals surface area contributed by atoms with Crippen LogP contribution in [0.2, 0.25) is 18.1 Å². The summed E-state index contributed by atoms with van der Waals surface area (Å²) in [5.74, 6) is -4.77. The van der Waals surface area contributed by atoms with E-state index in [1.165, 1.54) is 6.92 Å². The number of nitrogens with zero attached hydrogens (tertiary/aromatic N) is 2. The third kappa shape index (κ3) is 6.72. The molecule has 0 aliphatic heterocycles. The molecule has 3 aliphatic carbocycles. The second-order valence-corrected chi connectivity index (χ2v) is 22.5. The molecule has 17 heteroatoms. The topological polar surface area (TPSA) is 158 Å². The standard InChI is InChI=1S/C37H44F3N3O9SSi/c1-19-24(42-53(7,47)48)17-25(50-37(38,39)40)22-15-21-16-23-29(43(5)6)31-28(34(41-51-31)49-18-20-13-11-10-12-14-20)33(46)36(23,52-54(8,9)35(2,3)4)32(45)27(21)30(44)26(19)22/h10-14,17,21,23,29,42,45H,15-16,18H2,1-9H3/t21-,23-,29-,36-/m0/s1. The number of fused-ring (bicyclic) bond motifs is 4. The van der Waals surface area contributed by atoms with E-state index in [1.807, 2.05) is 64.2 Å². The summed E-state index contributed by atoms with van der Waals surface area (Å²) in [6.07, 6.45) is -4.57. The summed E-state index contributed by atoms with van der Waals surface area (Å²) < 4.78 is 91.5. The second-order valence-electron chi connectivity index (χ2n) is 16.0. The molecule has 3 aliphatic rings. The Kier molecular flexibility index (Phi) is 9.68. The number of Topliss-reactive ketones (excluding diaryl/α,β-unsaturated/α-hetero) is 2. The Morgan fingerprint density at radius 2 is 1.76 bits per heavy atom. The van der Waals surface area contributed by atoms with Crippen LogP contribution in [0.15, 0.2) is 52.3 Å². The fraction of sp³-hybridized carbons (Fsp3) is 0.486. The van der Waals surface area contributed by atoms with Gasteiger partial charge in [0, 0.05) is 28.7 Å². The molecule has 1 aromatic heterocycles. The number of nitrogens with one attached hydrogen (secondary N) is 1. The molecule has 0 saturated carbocycles. The summed E-state index contributed by atoms with van der Waals surface area (Å²) >= 11 is 0. The number of carbonyl (C=O) groups is 2. The normalized spacial score (nSPS) is 23.1. The van der Waals surface area contributed by atoms with Gasteiger partial charge in [-0.1, -0.05) is 51.1 Å². The molecular weight excluding hydrogens is 748 g/mol. The summed E-state index contributed by atoms with van der Waals surface area (Å²) in [5.41, 5.74) is -2.29. The maximum atomic E-state index is 15.3. The molecule has 292 valence electrons. The zero-order valence-corrected chi connectivity index (χ0v) is 33.3. The fourth-order valence-electron chi connectivity index (χ4n) is 7.70. The molecule has 0 unspecified atom stereocenters. The molecule has 12 nitrogen and oxygen atoms in total. The number of allylic oxidation sites excluding steroid dienone is 1. The number of benzene rings is 2. The number of aromatic nitrogens is 1. The molecule has 1 heterocycles. The lowest BCUT2D eigenvalue weighted by Crippen LogP contribution is -2.65. The van der Waals surface area contributed by atoms with Crippen LogP contribution in [0.5, 0.6) is 11.6 Å². The Bertz CT molecular complexity index is 2160. The smallest absolute Gasteiger partial charge is 0.508 e. The average molecular weight is 792 g/mol. The Balaban J connectivity index is 1.61. The molecule has 2 aromatic carbocycles. The van der Waals surface area contributed by atoms with Crippen LogP contribution >= 0.6 is 0 Å². The van der Waals surface area contributed by atoms with E-state index in [4.69, 9.17) is 13.7 Å². The fourth-order valence-corrected chi connectivity index (χ4v) is 9.76. The molecule has 0 radical (unpaired) electrons. The number of hydrogen-bond acceptors (Lipinski definition) is 11. The average Bonchev–Trinajstić information content (AvgIpc) is 3.45. The van der Waals surface area contributed by atoms with Gasteiger partial charge in [-0.3, -0.25) is 19.2 Å². The van der Waals surface area contributed by atoms with Crippen molar-refractivity contribution >= 4 is 35.6 Å². The molecule has 0 amide bonds. The van der Waals surface area contributed by atoms with Crippen LogP contribution < -0.4 is 14.2 Å². The summed E-state index contributed by atoms with van der Waals surface area (Å²) in [6.45, 7) is 11.1. The first kappa shape index (κ1) is 39.5. The number of sulfonamides is 1. The van der Waals surface area contributed by atoms with Gasteiger partial charge in [0.2, 0.25) is 15.8 Å². The monoisotopic (exact) mass is 791 g/mol. The number of aliphatic hydroxyl groups excluding tert-OH is 1. The Morgan fingerprint density at radius 3 is 2.33 bits per heavy atom. The van der Waals surface area contributed by atoms with Crippen LogP contribution in [-0.2, 0) is 27.5 Å². The predicted octanol–water partition coefficient (Wildman–Crippen LogP) is 7.28. The van der Waals surface area contributed by atoms with E-state index in [1.54, 1.807) is 19.0 Å². The maximum absolute atomic E-state index is 15.3. The lowest BCUT2D eigenvalue weighted by atomic mass is 9.58. The van der Waals surface area contributed by atoms with Gasteiger partial charge in [-0.2, -0.15) is 0 Å². The van der Waals surface area contributed by atoms with Crippen LogP contribution in [-0.4, -0.2) is 75.8 Å². The molecular formula is C37H44F3N3O9SSi. The minimum Gasteiger partial charge on any atom is -0.508 e. The van der Waals surface area contributed by atoms with E-state index < -0.39 is 76.3 Å². The first-order valence-electron chi connectivity index (χ1n) is 17.3. The third-order valence-corrected chi connectivity index (χ3v) is 16.1. The number of carbonyl (C=O) groups excluding carboxylic acids is 2. The van der Waals surface area contributed by atoms with Crippen molar-refractivity contribution in [3.63, 3.8) is 0 Å². The highest BCUT2D eigenvalue weighted by atomic mass is 32.2. The van der Waals surface area contributed by atoms with Crippen LogP contribution in [0, 0.1) is 18.8 Å². The molecule has 54 heavy (non-hydrogen) atoms. The minimum atomic E-state index is -5.18. The Morgan fingerprint density at radius 1 is 1.11 bits per heavy atom. The first-order chi connectivity index (χ1) is 24.9. The molecule has 3 aromatic rings. The second kappa shape index (κ2) is 13.2. The highest BCUT2D eigenvalue weighted by Crippen LogP contribution is 2.60. The van der Waals surface area contributed by atoms with Crippen LogP contribution in [0.1, 0.15) is 76.4 Å². The number of anilines is 1. The van der Waals surface area contributed by atoms with Crippen molar-refractivity contribution in [2.24, 2.45) is 11.8 Å². The van der Waals surface area contributed by atoms with E-state index in [0.29, 0.717) is 0 Å². The largest absolute Gasteiger partial charge is 0.573 e. The lowest BCUT2D eigenvalue weighted by Gasteiger charge is -2.55. The van der Waals surface area contributed by atoms with Gasteiger partial charge in [-0.25, -0.2) is 8.42 Å². The van der Waals surface area contributed by atoms with Crippen LogP contribution in [0.25, 0.3) is 0 Å². The number of halogens is 3. The van der Waals surface area contributed by atoms with E-state index in [0.717, 1.165) is 17.9 Å². The molecule has 0 fully saturated rings. The van der Waals surface area contributed by atoms with Crippen molar-refractivity contribution in [3.05, 3.63) is 81.3 Å². The zero-order valence-electron chi connectivity index (χ0n) is 31.5. The minimum absolute atomic E-state index is 0.00196. The summed E-state index contributed by atoms with van der Waals surface area (Å²) in [4.78, 5) is 31.9. The van der Waals surface area contributed by atoms with Gasteiger partial charge in [0.1, 0.15) is 23.7 Å². The van der Waals surface area contributed by atoms with E-state index in [2.05, 4.69) is 14.6 Å². The van der Waals surface area contributed by atoms with E-state index in [-0.39, 0.29) is 64.6 Å². The number of ether oxygens (including phenoxy) is 2. The summed E-state index contributed by atoms with van der Waals surface area (Å²) in [6, 6.07) is 9.31. The molecule has 0 saturated heterocycles. The number of ketones is 2. The van der Waals surface area contributed by atoms with Crippen LogP contribution in [0.4, 0.5) is 18.9 Å². The molecule has 4 atom stereocenters. The van der Waals surface area contributed by atoms with Gasteiger partial charge in [-0.15, -0.1) is 13.2 Å². The maximum Gasteiger partial charge on any atom is 0.573 e. The van der Waals surface area contributed by atoms with Crippen molar-refractivity contribution in [1.29, 1.82) is 0 Å². The number of rotatable bonds is 9. The number of aliphatic hydroxyl groups is 1. The SMILES string of the molecule is Cc1c(NS(C)(=O)=O)cc(OC(F)(F)F)c2c1C(=O)C1=C(O)[C@]3(O[Si](C)(C)C(C)(C)C)C(=O)c4c(OCc5ccccc5)noc4[C@@H](N(C)C)[C@@H]3C[C@@H]1C2. The first-order valence-corrected chi connectivity index (χ1v) is 22.1. The van der Waals surface area contributed by atoms with Gasteiger partial charge < -0.3 is 23.5 Å². The number of hydrogen-bond donors (Lipinski definition) is 2. The molecule has 0 spiro atoms. The third-order valence-electron chi connectivity index (χ3n) is 11.1. The summed E-state index contributed by atoms with van der Waals surface area (Å²) in [7, 11) is -3.56. The van der Waals surface area contributed by atoms with E-state index in [9.17, 15) is 31.5 Å². The molecule has 6 rings (SSSR count). The predicted molar refractivity (Wildman–Crippen MR) is 195 cm³/mol. The molecule has 0 bridgehead atoms. The Hall–Kier alpha value is -4.19. The van der Waals surface area contributed by atoms with Crippen molar-refractivity contribution in [2.75, 3.05) is 25.1 Å². The zero-order chi connectivity index (χ0) is 39.9. The highest BCUT2D eigenvalue weighted by molar-refractivity contribution is 7.92. The van der Waals surface area contributed by atoms with Crippen molar-refractivity contribution in [2.45, 2.75) is 83.3 Å².